The van der Waals surface area contributed by atoms with Crippen LogP contribution in [-0.4, -0.2) is 24.8 Å². The van der Waals surface area contributed by atoms with Gasteiger partial charge < -0.3 is 0 Å². The molecule has 0 saturated heterocycles. The Kier molecular flexibility index (Phi) is 5.35. The topological polar surface area (TPSA) is 78.1 Å². The average molecular weight is 543 g/mol. The third-order valence-corrected chi connectivity index (χ3v) is 10.5. The fraction of sp³-hybridized carbons (Fsp3) is 0.133. The molecule has 0 bridgehead atoms. The van der Waals surface area contributed by atoms with Crippen LogP contribution in [0.1, 0.15) is 22.3 Å². The van der Waals surface area contributed by atoms with Crippen LogP contribution in [0, 0.1) is 27.7 Å². The van der Waals surface area contributed by atoms with Crippen molar-refractivity contribution in [2.75, 3.05) is 0 Å². The fourth-order valence-corrected chi connectivity index (χ4v) is 8.14. The van der Waals surface area contributed by atoms with E-state index in [1.807, 2.05) is 52.0 Å². The summed E-state index contributed by atoms with van der Waals surface area (Å²) in [5.74, 6) is 0. The molecule has 0 saturated carbocycles. The van der Waals surface area contributed by atoms with Crippen LogP contribution in [0.15, 0.2) is 94.7 Å². The van der Waals surface area contributed by atoms with E-state index in [0.717, 1.165) is 22.3 Å². The van der Waals surface area contributed by atoms with E-state index in [0.29, 0.717) is 32.8 Å². The van der Waals surface area contributed by atoms with Crippen molar-refractivity contribution < 1.29 is 16.8 Å². The molecule has 8 heteroatoms. The van der Waals surface area contributed by atoms with Gasteiger partial charge in [-0.15, -0.1) is 0 Å². The molecule has 38 heavy (non-hydrogen) atoms. The van der Waals surface area contributed by atoms with E-state index in [1.165, 1.54) is 7.94 Å². The summed E-state index contributed by atoms with van der Waals surface area (Å²) in [6.45, 7) is 7.61. The second kappa shape index (κ2) is 8.31. The molecule has 0 unspecified atom stereocenters. The minimum atomic E-state index is -4.08. The first-order chi connectivity index (χ1) is 18.0. The Morgan fingerprint density at radius 2 is 0.763 bits per heavy atom. The van der Waals surface area contributed by atoms with Gasteiger partial charge in [0.1, 0.15) is 0 Å². The van der Waals surface area contributed by atoms with Crippen molar-refractivity contribution in [3.05, 3.63) is 107 Å². The summed E-state index contributed by atoms with van der Waals surface area (Å²) in [5.41, 5.74) is 5.23. The standard InChI is InChI=1S/C30H26N2O4S2/c1-19-5-11-23(12-6-19)37(33,34)31-27-15-9-21(3)17-25(27)30-29(31)26-18-22(4)10-16-28(26)32(30)38(35,36)24-13-7-20(2)8-14-24/h5-18H,1-4H3. The Hall–Kier alpha value is -3.88. The largest absolute Gasteiger partial charge is 0.268 e. The predicted octanol–water partition coefficient (Wildman–Crippen LogP) is 6.46. The summed E-state index contributed by atoms with van der Waals surface area (Å²) in [5, 5.41) is 1.11. The van der Waals surface area contributed by atoms with Crippen LogP contribution in [-0.2, 0) is 20.0 Å². The number of rotatable bonds is 4. The van der Waals surface area contributed by atoms with Crippen LogP contribution in [0.4, 0.5) is 0 Å². The highest BCUT2D eigenvalue weighted by molar-refractivity contribution is 7.91. The lowest BCUT2D eigenvalue weighted by Crippen LogP contribution is -2.13. The van der Waals surface area contributed by atoms with Crippen LogP contribution in [0.25, 0.3) is 32.8 Å². The highest BCUT2D eigenvalue weighted by Gasteiger charge is 2.32. The highest BCUT2D eigenvalue weighted by Crippen LogP contribution is 2.41. The SMILES string of the molecule is Cc1ccc(S(=O)(=O)n2c3ccc(C)cc3c3c2c2cc(C)ccc2n3S(=O)(=O)c2ccc(C)cc2)cc1. The van der Waals surface area contributed by atoms with Gasteiger partial charge in [0, 0.05) is 10.8 Å². The van der Waals surface area contributed by atoms with Crippen LogP contribution in [0.5, 0.6) is 0 Å². The molecular formula is C30H26N2O4S2. The number of aromatic nitrogens is 2. The Morgan fingerprint density at radius 1 is 0.447 bits per heavy atom. The maximum atomic E-state index is 14.2. The normalized spacial score (nSPS) is 12.6. The van der Waals surface area contributed by atoms with Gasteiger partial charge in [0.15, 0.2) is 0 Å². The molecule has 6 nitrogen and oxygen atoms in total. The van der Waals surface area contributed by atoms with Gasteiger partial charge in [-0.3, -0.25) is 0 Å². The summed E-state index contributed by atoms with van der Waals surface area (Å²) >= 11 is 0. The molecule has 0 amide bonds. The van der Waals surface area contributed by atoms with Crippen LogP contribution >= 0.6 is 0 Å². The van der Waals surface area contributed by atoms with E-state index in [4.69, 9.17) is 0 Å². The molecule has 4 aromatic carbocycles. The van der Waals surface area contributed by atoms with Gasteiger partial charge in [0.25, 0.3) is 20.0 Å². The third kappa shape index (κ3) is 3.51. The molecule has 2 aromatic heterocycles. The molecule has 0 aliphatic heterocycles. The predicted molar refractivity (Wildman–Crippen MR) is 152 cm³/mol. The van der Waals surface area contributed by atoms with E-state index >= 15 is 0 Å². The lowest BCUT2D eigenvalue weighted by molar-refractivity contribution is 0.588. The number of aryl methyl sites for hydroxylation is 4. The van der Waals surface area contributed by atoms with Gasteiger partial charge in [-0.2, -0.15) is 0 Å². The van der Waals surface area contributed by atoms with Gasteiger partial charge in [-0.25, -0.2) is 24.8 Å². The van der Waals surface area contributed by atoms with Crippen molar-refractivity contribution in [1.82, 2.24) is 7.94 Å². The lowest BCUT2D eigenvalue weighted by Gasteiger charge is -2.11. The van der Waals surface area contributed by atoms with Crippen LogP contribution < -0.4 is 0 Å². The molecule has 2 heterocycles. The molecule has 0 atom stereocenters. The first-order valence-electron chi connectivity index (χ1n) is 12.2. The maximum Gasteiger partial charge on any atom is 0.268 e. The summed E-state index contributed by atoms with van der Waals surface area (Å²) in [4.78, 5) is 0.273. The first-order valence-corrected chi connectivity index (χ1v) is 15.1. The zero-order valence-corrected chi connectivity index (χ0v) is 23.1. The van der Waals surface area contributed by atoms with E-state index in [9.17, 15) is 16.8 Å². The van der Waals surface area contributed by atoms with Crippen molar-refractivity contribution >= 4 is 52.9 Å². The van der Waals surface area contributed by atoms with Gasteiger partial charge >= 0.3 is 0 Å². The molecule has 0 spiro atoms. The molecule has 0 aliphatic carbocycles. The zero-order valence-electron chi connectivity index (χ0n) is 21.4. The molecule has 6 rings (SSSR count). The second-order valence-electron chi connectivity index (χ2n) is 9.90. The molecular weight excluding hydrogens is 516 g/mol. The minimum Gasteiger partial charge on any atom is -0.231 e. The second-order valence-corrected chi connectivity index (χ2v) is 13.5. The number of benzene rings is 4. The summed E-state index contributed by atoms with van der Waals surface area (Å²) in [6, 6.07) is 24.3. The monoisotopic (exact) mass is 542 g/mol. The molecule has 0 aliphatic rings. The number of hydrogen-bond donors (Lipinski definition) is 0. The number of fused-ring (bicyclic) bond motifs is 5. The first kappa shape index (κ1) is 24.5. The maximum absolute atomic E-state index is 14.2. The molecule has 0 fully saturated rings. The fourth-order valence-electron chi connectivity index (χ4n) is 5.07. The molecule has 6 aromatic rings. The Bertz CT molecular complexity index is 1960. The van der Waals surface area contributed by atoms with E-state index in [1.54, 1.807) is 60.7 Å². The number of hydrogen-bond acceptors (Lipinski definition) is 4. The lowest BCUT2D eigenvalue weighted by atomic mass is 10.1. The Labute approximate surface area is 221 Å². The molecule has 192 valence electrons. The summed E-state index contributed by atoms with van der Waals surface area (Å²) in [7, 11) is -8.15. The van der Waals surface area contributed by atoms with E-state index in [2.05, 4.69) is 0 Å². The Balaban J connectivity index is 1.85. The van der Waals surface area contributed by atoms with Gasteiger partial charge in [-0.05, 0) is 76.2 Å². The van der Waals surface area contributed by atoms with Gasteiger partial charge in [0.2, 0.25) is 0 Å². The highest BCUT2D eigenvalue weighted by atomic mass is 32.2. The minimum absolute atomic E-state index is 0.136. The summed E-state index contributed by atoms with van der Waals surface area (Å²) < 4.78 is 59.5. The quantitative estimate of drug-likeness (QED) is 0.256. The van der Waals surface area contributed by atoms with Gasteiger partial charge in [-0.1, -0.05) is 58.7 Å². The van der Waals surface area contributed by atoms with Gasteiger partial charge in [0.05, 0.1) is 31.9 Å². The van der Waals surface area contributed by atoms with Crippen LogP contribution in [0.3, 0.4) is 0 Å². The smallest absolute Gasteiger partial charge is 0.231 e. The van der Waals surface area contributed by atoms with Crippen molar-refractivity contribution in [3.63, 3.8) is 0 Å². The molecule has 0 N–H and O–H groups in total. The van der Waals surface area contributed by atoms with Crippen molar-refractivity contribution in [1.29, 1.82) is 0 Å². The van der Waals surface area contributed by atoms with Crippen molar-refractivity contribution in [2.24, 2.45) is 0 Å². The van der Waals surface area contributed by atoms with Crippen molar-refractivity contribution in [3.8, 4) is 0 Å². The Morgan fingerprint density at radius 3 is 1.11 bits per heavy atom. The van der Waals surface area contributed by atoms with Crippen LogP contribution in [0.2, 0.25) is 0 Å². The van der Waals surface area contributed by atoms with Crippen molar-refractivity contribution in [2.45, 2.75) is 37.5 Å². The summed E-state index contributed by atoms with van der Waals surface area (Å²) in [6.07, 6.45) is 0. The van der Waals surface area contributed by atoms with E-state index < -0.39 is 20.0 Å². The average Bonchev–Trinajstić information content (AvgIpc) is 3.37. The van der Waals surface area contributed by atoms with E-state index in [-0.39, 0.29) is 9.79 Å². The zero-order chi connectivity index (χ0) is 27.0. The number of nitrogens with zero attached hydrogens (tertiary/aromatic N) is 2. The molecule has 0 radical (unpaired) electrons. The third-order valence-electron chi connectivity index (χ3n) is 7.00.